The SMILES string of the molecule is CC1(C)S[C@H]2c3ccccc3C(=O)N2[C@@H]1C(=O)N[C@H](Cc1ccccc1)C(=O)[O-]. The minimum Gasteiger partial charge on any atom is -0.548 e. The number of thioether (sulfide) groups is 1. The maximum atomic E-state index is 13.2. The van der Waals surface area contributed by atoms with Crippen molar-refractivity contribution in [2.24, 2.45) is 0 Å². The Kier molecular flexibility index (Phi) is 4.86. The zero-order valence-electron chi connectivity index (χ0n) is 16.1. The lowest BCUT2D eigenvalue weighted by Gasteiger charge is -2.31. The van der Waals surface area contributed by atoms with E-state index in [1.807, 2.05) is 44.2 Å². The van der Waals surface area contributed by atoms with E-state index in [0.717, 1.165) is 11.1 Å². The highest BCUT2D eigenvalue weighted by atomic mass is 32.2. The highest BCUT2D eigenvalue weighted by Gasteiger charge is 2.57. The number of carbonyl (C=O) groups excluding carboxylic acids is 3. The number of amides is 2. The number of nitrogens with one attached hydrogen (secondary N) is 1. The second-order valence-corrected chi connectivity index (χ2v) is 9.58. The second-order valence-electron chi connectivity index (χ2n) is 7.85. The van der Waals surface area contributed by atoms with E-state index in [1.165, 1.54) is 0 Å². The van der Waals surface area contributed by atoms with Gasteiger partial charge in [-0.1, -0.05) is 48.5 Å². The van der Waals surface area contributed by atoms with Gasteiger partial charge in [0.05, 0.1) is 12.0 Å². The maximum Gasteiger partial charge on any atom is 0.256 e. The van der Waals surface area contributed by atoms with Crippen LogP contribution in [0.1, 0.15) is 40.7 Å². The van der Waals surface area contributed by atoms with Gasteiger partial charge in [-0.2, -0.15) is 0 Å². The van der Waals surface area contributed by atoms with Crippen LogP contribution in [0.25, 0.3) is 0 Å². The number of rotatable bonds is 5. The van der Waals surface area contributed by atoms with Crippen LogP contribution in [-0.2, 0) is 16.0 Å². The molecule has 0 saturated carbocycles. The molecule has 3 atom stereocenters. The van der Waals surface area contributed by atoms with Crippen LogP contribution in [0.2, 0.25) is 0 Å². The summed E-state index contributed by atoms with van der Waals surface area (Å²) in [5, 5.41) is 14.0. The third-order valence-corrected chi connectivity index (χ3v) is 6.96. The lowest BCUT2D eigenvalue weighted by Crippen LogP contribution is -2.58. The minimum absolute atomic E-state index is 0.118. The monoisotopic (exact) mass is 409 g/mol. The Hall–Kier alpha value is -2.80. The van der Waals surface area contributed by atoms with Gasteiger partial charge in [0, 0.05) is 10.3 Å². The summed E-state index contributed by atoms with van der Waals surface area (Å²) in [4.78, 5) is 39.4. The summed E-state index contributed by atoms with van der Waals surface area (Å²) in [6.45, 7) is 3.81. The van der Waals surface area contributed by atoms with Crippen molar-refractivity contribution in [3.05, 3.63) is 71.3 Å². The molecule has 29 heavy (non-hydrogen) atoms. The summed E-state index contributed by atoms with van der Waals surface area (Å²) in [5.41, 5.74) is 2.27. The van der Waals surface area contributed by atoms with Crippen LogP contribution < -0.4 is 10.4 Å². The first-order valence-corrected chi connectivity index (χ1v) is 10.3. The molecule has 4 rings (SSSR count). The minimum atomic E-state index is -1.35. The van der Waals surface area contributed by atoms with Crippen LogP contribution in [-0.4, -0.2) is 39.5 Å². The first-order chi connectivity index (χ1) is 13.8. The van der Waals surface area contributed by atoms with Crippen molar-refractivity contribution in [3.63, 3.8) is 0 Å². The normalized spacial score (nSPS) is 22.7. The smallest absolute Gasteiger partial charge is 0.256 e. The first-order valence-electron chi connectivity index (χ1n) is 9.44. The number of carboxylic acids is 1. The molecule has 0 bridgehead atoms. The average molecular weight is 409 g/mol. The summed E-state index contributed by atoms with van der Waals surface area (Å²) in [5.74, 6) is -2.02. The van der Waals surface area contributed by atoms with Crippen molar-refractivity contribution in [2.75, 3.05) is 0 Å². The van der Waals surface area contributed by atoms with Crippen LogP contribution in [0, 0.1) is 0 Å². The predicted octanol–water partition coefficient (Wildman–Crippen LogP) is 1.51. The van der Waals surface area contributed by atoms with Gasteiger partial charge in [0.2, 0.25) is 5.91 Å². The zero-order valence-corrected chi connectivity index (χ0v) is 16.9. The standard InChI is InChI=1S/C22H22N2O4S/c1-22(2)17(24-19(26)14-10-6-7-11-15(14)20(24)29-22)18(25)23-16(21(27)28)12-13-8-4-3-5-9-13/h3-11,16-17,20H,12H2,1-2H3,(H,23,25)(H,27,28)/p-1/t16-,17-,20+/m1/s1. The summed E-state index contributed by atoms with van der Waals surface area (Å²) in [6, 6.07) is 14.4. The molecule has 2 aliphatic rings. The van der Waals surface area contributed by atoms with Gasteiger partial charge in [-0.15, -0.1) is 11.8 Å². The summed E-state index contributed by atoms with van der Waals surface area (Å²) >= 11 is 1.54. The molecule has 0 spiro atoms. The molecule has 2 amide bonds. The van der Waals surface area contributed by atoms with Gasteiger partial charge in [-0.05, 0) is 37.5 Å². The van der Waals surface area contributed by atoms with Gasteiger partial charge >= 0.3 is 0 Å². The molecule has 7 heteroatoms. The Morgan fingerprint density at radius 2 is 1.79 bits per heavy atom. The predicted molar refractivity (Wildman–Crippen MR) is 108 cm³/mol. The Morgan fingerprint density at radius 1 is 1.14 bits per heavy atom. The fraction of sp³-hybridized carbons (Fsp3) is 0.318. The first kappa shape index (κ1) is 19.5. The van der Waals surface area contributed by atoms with Crippen LogP contribution >= 0.6 is 11.8 Å². The Bertz CT molecular complexity index is 976. The Morgan fingerprint density at radius 3 is 2.48 bits per heavy atom. The summed E-state index contributed by atoms with van der Waals surface area (Å²) < 4.78 is -0.568. The van der Waals surface area contributed by atoms with Crippen molar-refractivity contribution in [1.29, 1.82) is 0 Å². The number of carbonyl (C=O) groups is 3. The van der Waals surface area contributed by atoms with E-state index in [4.69, 9.17) is 0 Å². The third-order valence-electron chi connectivity index (χ3n) is 5.43. The van der Waals surface area contributed by atoms with E-state index < -0.39 is 28.7 Å². The lowest BCUT2D eigenvalue weighted by molar-refractivity contribution is -0.308. The van der Waals surface area contributed by atoms with Crippen LogP contribution in [0.3, 0.4) is 0 Å². The van der Waals surface area contributed by atoms with Crippen LogP contribution in [0.4, 0.5) is 0 Å². The van der Waals surface area contributed by atoms with Crippen LogP contribution in [0.15, 0.2) is 54.6 Å². The second kappa shape index (κ2) is 7.22. The van der Waals surface area contributed by atoms with Gasteiger partial charge in [0.1, 0.15) is 11.4 Å². The van der Waals surface area contributed by atoms with Crippen molar-refractivity contribution in [1.82, 2.24) is 10.2 Å². The molecule has 1 fully saturated rings. The van der Waals surface area contributed by atoms with Crippen LogP contribution in [0.5, 0.6) is 0 Å². The molecule has 0 aromatic heterocycles. The molecule has 2 aromatic carbocycles. The molecule has 0 unspecified atom stereocenters. The van der Waals surface area contributed by atoms with Gasteiger partial charge in [0.15, 0.2) is 0 Å². The molecule has 1 N–H and O–H groups in total. The molecule has 6 nitrogen and oxygen atoms in total. The Balaban J connectivity index is 1.59. The van der Waals surface area contributed by atoms with E-state index >= 15 is 0 Å². The Labute approximate surface area is 173 Å². The number of hydrogen-bond donors (Lipinski definition) is 1. The zero-order chi connectivity index (χ0) is 20.8. The fourth-order valence-corrected chi connectivity index (χ4v) is 5.69. The van der Waals surface area contributed by atoms with E-state index in [2.05, 4.69) is 5.32 Å². The van der Waals surface area contributed by atoms with E-state index in [9.17, 15) is 19.5 Å². The quantitative estimate of drug-likeness (QED) is 0.809. The average Bonchev–Trinajstić information content (AvgIpc) is 3.12. The van der Waals surface area contributed by atoms with Gasteiger partial charge in [-0.25, -0.2) is 0 Å². The van der Waals surface area contributed by atoms with Gasteiger partial charge in [-0.3, -0.25) is 9.59 Å². The number of nitrogens with zero attached hydrogens (tertiary/aromatic N) is 1. The largest absolute Gasteiger partial charge is 0.548 e. The number of carboxylic acid groups (broad SMARTS) is 1. The van der Waals surface area contributed by atoms with E-state index in [1.54, 1.807) is 40.9 Å². The highest BCUT2D eigenvalue weighted by molar-refractivity contribution is 8.01. The number of hydrogen-bond acceptors (Lipinski definition) is 5. The molecule has 2 aromatic rings. The summed E-state index contributed by atoms with van der Waals surface area (Å²) in [7, 11) is 0. The molecular weight excluding hydrogens is 388 g/mol. The van der Waals surface area contributed by atoms with Gasteiger partial charge < -0.3 is 20.1 Å². The third kappa shape index (κ3) is 3.40. The van der Waals surface area contributed by atoms with E-state index in [0.29, 0.717) is 5.56 Å². The van der Waals surface area contributed by atoms with Crippen molar-refractivity contribution < 1.29 is 19.5 Å². The number of benzene rings is 2. The van der Waals surface area contributed by atoms with Crippen molar-refractivity contribution >= 4 is 29.5 Å². The summed E-state index contributed by atoms with van der Waals surface area (Å²) in [6.07, 6.45) is 0.118. The molecule has 150 valence electrons. The highest BCUT2D eigenvalue weighted by Crippen LogP contribution is 2.56. The number of aliphatic carboxylic acids is 1. The van der Waals surface area contributed by atoms with Crippen molar-refractivity contribution in [3.8, 4) is 0 Å². The topological polar surface area (TPSA) is 89.5 Å². The molecule has 2 heterocycles. The molecule has 0 radical (unpaired) electrons. The van der Waals surface area contributed by atoms with E-state index in [-0.39, 0.29) is 17.7 Å². The fourth-order valence-electron chi connectivity index (χ4n) is 4.10. The van der Waals surface area contributed by atoms with Crippen molar-refractivity contribution in [2.45, 2.75) is 42.5 Å². The molecule has 1 saturated heterocycles. The molecule has 0 aliphatic carbocycles. The molecular formula is C22H21N2O4S-. The molecule has 2 aliphatic heterocycles. The maximum absolute atomic E-state index is 13.2. The lowest BCUT2D eigenvalue weighted by atomic mass is 9.99. The number of fused-ring (bicyclic) bond motifs is 3. The van der Waals surface area contributed by atoms with Gasteiger partial charge in [0.25, 0.3) is 5.91 Å².